The first-order chi connectivity index (χ1) is 15.6. The molecule has 4 rings (SSSR count). The highest BCUT2D eigenvalue weighted by Gasteiger charge is 2.32. The van der Waals surface area contributed by atoms with Crippen LogP contribution < -0.4 is 9.64 Å². The van der Waals surface area contributed by atoms with Crippen LogP contribution in [-0.4, -0.2) is 67.5 Å². The van der Waals surface area contributed by atoms with Gasteiger partial charge >= 0.3 is 0 Å². The number of piperidine rings is 1. The van der Waals surface area contributed by atoms with Gasteiger partial charge in [0.2, 0.25) is 11.8 Å². The predicted octanol–water partition coefficient (Wildman–Crippen LogP) is 3.70. The lowest BCUT2D eigenvalue weighted by atomic mass is 9.96. The van der Waals surface area contributed by atoms with Gasteiger partial charge in [-0.05, 0) is 43.2 Å². The number of rotatable bonds is 6. The molecule has 2 aliphatic rings. The SMILES string of the molecule is O=C(CCOc1ccccc1)N1CCCC(C(=O)N2CCN(c3cccc(Cl)c3)CC2)C1. The van der Waals surface area contributed by atoms with Crippen molar-refractivity contribution in [3.63, 3.8) is 0 Å². The van der Waals surface area contributed by atoms with Crippen molar-refractivity contribution >= 4 is 29.1 Å². The van der Waals surface area contributed by atoms with Gasteiger partial charge in [-0.15, -0.1) is 0 Å². The first-order valence-corrected chi connectivity index (χ1v) is 11.7. The average Bonchev–Trinajstić information content (AvgIpc) is 2.84. The van der Waals surface area contributed by atoms with E-state index in [-0.39, 0.29) is 17.7 Å². The molecule has 2 aliphatic heterocycles. The fourth-order valence-electron chi connectivity index (χ4n) is 4.45. The topological polar surface area (TPSA) is 53.1 Å². The van der Waals surface area contributed by atoms with Crippen molar-refractivity contribution in [3.8, 4) is 5.75 Å². The second-order valence-corrected chi connectivity index (χ2v) is 8.82. The molecule has 32 heavy (non-hydrogen) atoms. The van der Waals surface area contributed by atoms with E-state index in [9.17, 15) is 9.59 Å². The summed E-state index contributed by atoms with van der Waals surface area (Å²) in [4.78, 5) is 31.9. The minimum absolute atomic E-state index is 0.0595. The number of hydrogen-bond donors (Lipinski definition) is 0. The van der Waals surface area contributed by atoms with E-state index in [1.54, 1.807) is 0 Å². The van der Waals surface area contributed by atoms with Crippen molar-refractivity contribution in [2.24, 2.45) is 5.92 Å². The van der Waals surface area contributed by atoms with Crippen LogP contribution in [0.25, 0.3) is 0 Å². The Balaban J connectivity index is 1.24. The van der Waals surface area contributed by atoms with Gasteiger partial charge in [0, 0.05) is 50.0 Å². The van der Waals surface area contributed by atoms with Gasteiger partial charge in [-0.2, -0.15) is 0 Å². The Morgan fingerprint density at radius 3 is 2.47 bits per heavy atom. The minimum atomic E-state index is -0.111. The highest BCUT2D eigenvalue weighted by Crippen LogP contribution is 2.23. The number of likely N-dealkylation sites (tertiary alicyclic amines) is 1. The molecule has 2 aromatic rings. The molecule has 1 atom stereocenters. The molecule has 2 fully saturated rings. The summed E-state index contributed by atoms with van der Waals surface area (Å²) in [5.41, 5.74) is 1.09. The van der Waals surface area contributed by atoms with E-state index in [1.807, 2.05) is 58.3 Å². The van der Waals surface area contributed by atoms with Gasteiger partial charge in [0.15, 0.2) is 0 Å². The Morgan fingerprint density at radius 2 is 1.72 bits per heavy atom. The highest BCUT2D eigenvalue weighted by atomic mass is 35.5. The summed E-state index contributed by atoms with van der Waals surface area (Å²) < 4.78 is 5.66. The molecule has 2 aromatic carbocycles. The molecule has 0 bridgehead atoms. The van der Waals surface area contributed by atoms with E-state index in [1.165, 1.54) is 0 Å². The third kappa shape index (κ3) is 5.74. The number of carbonyl (C=O) groups excluding carboxylic acids is 2. The van der Waals surface area contributed by atoms with Crippen LogP contribution in [0, 0.1) is 5.92 Å². The lowest BCUT2D eigenvalue weighted by Gasteiger charge is -2.39. The molecule has 7 heteroatoms. The average molecular weight is 456 g/mol. The van der Waals surface area contributed by atoms with Crippen LogP contribution in [0.2, 0.25) is 5.02 Å². The largest absolute Gasteiger partial charge is 0.493 e. The first kappa shape index (κ1) is 22.5. The molecule has 0 N–H and O–H groups in total. The number of para-hydroxylation sites is 1. The summed E-state index contributed by atoms with van der Waals surface area (Å²) in [6.45, 7) is 4.55. The molecular formula is C25H30ClN3O3. The van der Waals surface area contributed by atoms with Gasteiger partial charge in [0.05, 0.1) is 18.9 Å². The number of halogens is 1. The molecule has 0 spiro atoms. The zero-order valence-corrected chi connectivity index (χ0v) is 19.0. The lowest BCUT2D eigenvalue weighted by molar-refractivity contribution is -0.141. The summed E-state index contributed by atoms with van der Waals surface area (Å²) in [6, 6.07) is 17.3. The van der Waals surface area contributed by atoms with E-state index in [0.717, 1.165) is 48.9 Å². The predicted molar refractivity (Wildman–Crippen MR) is 126 cm³/mol. The van der Waals surface area contributed by atoms with Crippen molar-refractivity contribution in [1.82, 2.24) is 9.80 Å². The first-order valence-electron chi connectivity index (χ1n) is 11.3. The van der Waals surface area contributed by atoms with Crippen molar-refractivity contribution < 1.29 is 14.3 Å². The number of piperazine rings is 1. The Morgan fingerprint density at radius 1 is 0.938 bits per heavy atom. The standard InChI is InChI=1S/C25H30ClN3O3/c26-21-7-4-8-22(18-21)27-13-15-28(16-14-27)25(31)20-6-5-12-29(19-20)24(30)11-17-32-23-9-2-1-3-10-23/h1-4,7-10,18,20H,5-6,11-17,19H2. The summed E-state index contributed by atoms with van der Waals surface area (Å²) in [6.07, 6.45) is 2.04. The quantitative estimate of drug-likeness (QED) is 0.666. The number of amides is 2. The molecule has 6 nitrogen and oxygen atoms in total. The smallest absolute Gasteiger partial charge is 0.227 e. The fraction of sp³-hybridized carbons (Fsp3) is 0.440. The second-order valence-electron chi connectivity index (χ2n) is 8.38. The van der Waals surface area contributed by atoms with Crippen LogP contribution in [0.4, 0.5) is 5.69 Å². The zero-order valence-electron chi connectivity index (χ0n) is 18.3. The van der Waals surface area contributed by atoms with Gasteiger partial charge in [0.25, 0.3) is 0 Å². The maximum absolute atomic E-state index is 13.1. The molecule has 2 heterocycles. The van der Waals surface area contributed by atoms with E-state index in [4.69, 9.17) is 16.3 Å². The fourth-order valence-corrected chi connectivity index (χ4v) is 4.64. The van der Waals surface area contributed by atoms with Gasteiger partial charge in [-0.3, -0.25) is 9.59 Å². The molecule has 1 unspecified atom stereocenters. The van der Waals surface area contributed by atoms with Gasteiger partial charge in [-0.25, -0.2) is 0 Å². The van der Waals surface area contributed by atoms with E-state index < -0.39 is 0 Å². The highest BCUT2D eigenvalue weighted by molar-refractivity contribution is 6.30. The maximum Gasteiger partial charge on any atom is 0.227 e. The van der Waals surface area contributed by atoms with Crippen LogP contribution >= 0.6 is 11.6 Å². The third-order valence-electron chi connectivity index (χ3n) is 6.22. The number of nitrogens with zero attached hydrogens (tertiary/aromatic N) is 3. The summed E-state index contributed by atoms with van der Waals surface area (Å²) in [5, 5.41) is 0.724. The van der Waals surface area contributed by atoms with Crippen LogP contribution in [0.5, 0.6) is 5.75 Å². The van der Waals surface area contributed by atoms with Crippen molar-refractivity contribution in [2.75, 3.05) is 50.8 Å². The number of carbonyl (C=O) groups is 2. The molecular weight excluding hydrogens is 426 g/mol. The molecule has 0 saturated carbocycles. The normalized spacial score (nSPS) is 19.0. The second kappa shape index (κ2) is 10.7. The minimum Gasteiger partial charge on any atom is -0.493 e. The summed E-state index contributed by atoms with van der Waals surface area (Å²) in [5.74, 6) is 0.891. The number of benzene rings is 2. The molecule has 170 valence electrons. The van der Waals surface area contributed by atoms with Crippen LogP contribution in [0.1, 0.15) is 19.3 Å². The molecule has 2 amide bonds. The number of ether oxygens (including phenoxy) is 1. The number of hydrogen-bond acceptors (Lipinski definition) is 4. The van der Waals surface area contributed by atoms with Crippen LogP contribution in [-0.2, 0) is 9.59 Å². The molecule has 2 saturated heterocycles. The van der Waals surface area contributed by atoms with Crippen molar-refractivity contribution in [1.29, 1.82) is 0 Å². The van der Waals surface area contributed by atoms with Crippen molar-refractivity contribution in [3.05, 3.63) is 59.6 Å². The van der Waals surface area contributed by atoms with Crippen molar-refractivity contribution in [2.45, 2.75) is 19.3 Å². The monoisotopic (exact) mass is 455 g/mol. The summed E-state index contributed by atoms with van der Waals surface area (Å²) >= 11 is 6.12. The Bertz CT molecular complexity index is 916. The molecule has 0 aliphatic carbocycles. The van der Waals surface area contributed by atoms with Crippen LogP contribution in [0.15, 0.2) is 54.6 Å². The Kier molecular flexibility index (Phi) is 7.53. The zero-order chi connectivity index (χ0) is 22.3. The Hall–Kier alpha value is -2.73. The Labute approximate surface area is 194 Å². The maximum atomic E-state index is 13.1. The number of anilines is 1. The van der Waals surface area contributed by atoms with Gasteiger partial charge < -0.3 is 19.4 Å². The van der Waals surface area contributed by atoms with E-state index >= 15 is 0 Å². The third-order valence-corrected chi connectivity index (χ3v) is 6.45. The molecule has 0 radical (unpaired) electrons. The summed E-state index contributed by atoms with van der Waals surface area (Å²) in [7, 11) is 0. The van der Waals surface area contributed by atoms with Gasteiger partial charge in [-0.1, -0.05) is 35.9 Å². The van der Waals surface area contributed by atoms with Gasteiger partial charge in [0.1, 0.15) is 5.75 Å². The lowest BCUT2D eigenvalue weighted by Crippen LogP contribution is -2.53. The van der Waals surface area contributed by atoms with Crippen LogP contribution in [0.3, 0.4) is 0 Å². The molecule has 0 aromatic heterocycles. The van der Waals surface area contributed by atoms with E-state index in [0.29, 0.717) is 32.7 Å². The van der Waals surface area contributed by atoms with E-state index in [2.05, 4.69) is 11.0 Å².